The minimum atomic E-state index is -0.415. The fraction of sp³-hybridized carbons (Fsp3) is 0.286. The Morgan fingerprint density at radius 2 is 2.14 bits per heavy atom. The van der Waals surface area contributed by atoms with Gasteiger partial charge in [0.05, 0.1) is 12.3 Å². The number of nitrogens with two attached hydrogens (primary N) is 1. The van der Waals surface area contributed by atoms with Gasteiger partial charge < -0.3 is 15.6 Å². The fourth-order valence-electron chi connectivity index (χ4n) is 1.81. The van der Waals surface area contributed by atoms with Crippen LogP contribution in [0.1, 0.15) is 21.7 Å². The average Bonchev–Trinajstić information content (AvgIpc) is 2.83. The van der Waals surface area contributed by atoms with Crippen molar-refractivity contribution < 1.29 is 9.59 Å². The van der Waals surface area contributed by atoms with Crippen molar-refractivity contribution in [2.24, 2.45) is 12.8 Å². The number of carbonyl (C=O) groups excluding carboxylic acids is 2. The van der Waals surface area contributed by atoms with Crippen LogP contribution in [0.15, 0.2) is 29.4 Å². The molecule has 8 heteroatoms. The average molecular weight is 319 g/mol. The van der Waals surface area contributed by atoms with E-state index in [0.29, 0.717) is 16.5 Å². The number of nitrogens with one attached hydrogen (secondary N) is 1. The molecule has 0 aliphatic rings. The number of amides is 2. The smallest absolute Gasteiger partial charge is 0.251 e. The van der Waals surface area contributed by atoms with Gasteiger partial charge in [-0.25, -0.2) is 0 Å². The Morgan fingerprint density at radius 1 is 1.36 bits per heavy atom. The molecule has 0 bridgehead atoms. The van der Waals surface area contributed by atoms with Crippen molar-refractivity contribution in [3.8, 4) is 0 Å². The molecule has 1 heterocycles. The quantitative estimate of drug-likeness (QED) is 0.760. The minimum Gasteiger partial charge on any atom is -0.369 e. The standard InChI is InChI=1S/C14H17N5O2S/c1-9-4-3-5-10(6-9)13(21)16-7-12-17-18-14(19(12)2)22-8-11(15)20/h3-6H,7-8H2,1-2H3,(H2,15,20)(H,16,21). The van der Waals surface area contributed by atoms with E-state index in [4.69, 9.17) is 5.73 Å². The zero-order valence-corrected chi connectivity index (χ0v) is 13.2. The van der Waals surface area contributed by atoms with Crippen LogP contribution in [0.25, 0.3) is 0 Å². The molecule has 1 aromatic heterocycles. The molecular weight excluding hydrogens is 302 g/mol. The van der Waals surface area contributed by atoms with E-state index in [9.17, 15) is 9.59 Å². The van der Waals surface area contributed by atoms with E-state index in [1.807, 2.05) is 25.1 Å². The molecule has 0 fully saturated rings. The highest BCUT2D eigenvalue weighted by atomic mass is 32.2. The summed E-state index contributed by atoms with van der Waals surface area (Å²) in [5, 5.41) is 11.4. The summed E-state index contributed by atoms with van der Waals surface area (Å²) in [7, 11) is 1.78. The Bertz CT molecular complexity index is 698. The predicted octanol–water partition coefficient (Wildman–Crippen LogP) is 0.631. The number of rotatable bonds is 6. The van der Waals surface area contributed by atoms with E-state index in [1.165, 1.54) is 11.8 Å². The van der Waals surface area contributed by atoms with Gasteiger partial charge in [0.2, 0.25) is 5.91 Å². The van der Waals surface area contributed by atoms with Gasteiger partial charge in [0.25, 0.3) is 5.91 Å². The molecule has 0 radical (unpaired) electrons. The lowest BCUT2D eigenvalue weighted by molar-refractivity contribution is -0.115. The zero-order chi connectivity index (χ0) is 16.1. The molecule has 3 N–H and O–H groups in total. The Morgan fingerprint density at radius 3 is 2.82 bits per heavy atom. The number of thioether (sulfide) groups is 1. The first-order valence-electron chi connectivity index (χ1n) is 6.61. The number of hydrogen-bond acceptors (Lipinski definition) is 5. The number of nitrogens with zero attached hydrogens (tertiary/aromatic N) is 3. The number of benzene rings is 1. The number of aromatic nitrogens is 3. The Hall–Kier alpha value is -2.35. The Balaban J connectivity index is 1.97. The maximum Gasteiger partial charge on any atom is 0.251 e. The van der Waals surface area contributed by atoms with Crippen LogP contribution in [0.4, 0.5) is 0 Å². The number of carbonyl (C=O) groups is 2. The van der Waals surface area contributed by atoms with Crippen LogP contribution < -0.4 is 11.1 Å². The lowest BCUT2D eigenvalue weighted by Crippen LogP contribution is -2.24. The Labute approximate surface area is 132 Å². The van der Waals surface area contributed by atoms with Crippen LogP contribution >= 0.6 is 11.8 Å². The molecule has 2 amide bonds. The molecule has 2 aromatic rings. The molecule has 0 spiro atoms. The second kappa shape index (κ2) is 7.08. The van der Waals surface area contributed by atoms with Gasteiger partial charge in [-0.2, -0.15) is 0 Å². The summed E-state index contributed by atoms with van der Waals surface area (Å²) >= 11 is 1.21. The second-order valence-corrected chi connectivity index (χ2v) is 5.71. The van der Waals surface area contributed by atoms with Crippen molar-refractivity contribution >= 4 is 23.6 Å². The molecule has 0 aliphatic heterocycles. The lowest BCUT2D eigenvalue weighted by Gasteiger charge is -2.06. The van der Waals surface area contributed by atoms with Crippen molar-refractivity contribution in [3.63, 3.8) is 0 Å². The van der Waals surface area contributed by atoms with Crippen molar-refractivity contribution in [3.05, 3.63) is 41.2 Å². The van der Waals surface area contributed by atoms with Crippen LogP contribution in [0.3, 0.4) is 0 Å². The van der Waals surface area contributed by atoms with E-state index < -0.39 is 5.91 Å². The fourth-order valence-corrected chi connectivity index (χ4v) is 2.48. The third-order valence-electron chi connectivity index (χ3n) is 2.96. The summed E-state index contributed by atoms with van der Waals surface area (Å²) in [6.45, 7) is 2.19. The highest BCUT2D eigenvalue weighted by Crippen LogP contribution is 2.14. The van der Waals surface area contributed by atoms with Crippen LogP contribution in [-0.2, 0) is 18.4 Å². The number of aryl methyl sites for hydroxylation is 1. The zero-order valence-electron chi connectivity index (χ0n) is 12.4. The first-order chi connectivity index (χ1) is 10.5. The summed E-state index contributed by atoms with van der Waals surface area (Å²) in [6.07, 6.45) is 0. The summed E-state index contributed by atoms with van der Waals surface area (Å²) in [5.74, 6) is 0.162. The predicted molar refractivity (Wildman–Crippen MR) is 83.3 cm³/mol. The lowest BCUT2D eigenvalue weighted by atomic mass is 10.1. The Kier molecular flexibility index (Phi) is 5.16. The minimum absolute atomic E-state index is 0.141. The topological polar surface area (TPSA) is 103 Å². The van der Waals surface area contributed by atoms with Crippen molar-refractivity contribution in [1.29, 1.82) is 0 Å². The molecule has 1 aromatic carbocycles. The van der Waals surface area contributed by atoms with E-state index in [2.05, 4.69) is 15.5 Å². The van der Waals surface area contributed by atoms with Gasteiger partial charge in [-0.1, -0.05) is 29.5 Å². The van der Waals surface area contributed by atoms with Crippen LogP contribution in [0, 0.1) is 6.92 Å². The molecule has 2 rings (SSSR count). The van der Waals surface area contributed by atoms with E-state index in [-0.39, 0.29) is 18.2 Å². The molecule has 0 atom stereocenters. The SMILES string of the molecule is Cc1cccc(C(=O)NCc2nnc(SCC(N)=O)n2C)c1. The molecule has 116 valence electrons. The maximum atomic E-state index is 12.1. The molecule has 0 saturated carbocycles. The molecule has 0 aliphatic carbocycles. The highest BCUT2D eigenvalue weighted by molar-refractivity contribution is 7.99. The summed E-state index contributed by atoms with van der Waals surface area (Å²) in [5.41, 5.74) is 6.72. The van der Waals surface area contributed by atoms with Crippen molar-refractivity contribution in [1.82, 2.24) is 20.1 Å². The van der Waals surface area contributed by atoms with Crippen LogP contribution in [0.2, 0.25) is 0 Å². The first-order valence-corrected chi connectivity index (χ1v) is 7.60. The third-order valence-corrected chi connectivity index (χ3v) is 4.00. The van der Waals surface area contributed by atoms with Gasteiger partial charge in [0, 0.05) is 12.6 Å². The van der Waals surface area contributed by atoms with Crippen LogP contribution in [-0.4, -0.2) is 32.3 Å². The summed E-state index contributed by atoms with van der Waals surface area (Å²) in [6, 6.07) is 7.35. The van der Waals surface area contributed by atoms with Gasteiger partial charge in [0.1, 0.15) is 0 Å². The van der Waals surface area contributed by atoms with Gasteiger partial charge in [0.15, 0.2) is 11.0 Å². The largest absolute Gasteiger partial charge is 0.369 e. The molecule has 0 unspecified atom stereocenters. The highest BCUT2D eigenvalue weighted by Gasteiger charge is 2.12. The number of primary amides is 1. The third kappa shape index (κ3) is 4.08. The normalized spacial score (nSPS) is 10.5. The van der Waals surface area contributed by atoms with Crippen LogP contribution in [0.5, 0.6) is 0 Å². The van der Waals surface area contributed by atoms with Gasteiger partial charge in [-0.05, 0) is 19.1 Å². The van der Waals surface area contributed by atoms with E-state index in [0.717, 1.165) is 5.56 Å². The first kappa shape index (κ1) is 16.0. The monoisotopic (exact) mass is 319 g/mol. The summed E-state index contributed by atoms with van der Waals surface area (Å²) in [4.78, 5) is 22.8. The van der Waals surface area contributed by atoms with Gasteiger partial charge >= 0.3 is 0 Å². The molecule has 7 nitrogen and oxygen atoms in total. The molecule has 22 heavy (non-hydrogen) atoms. The van der Waals surface area contributed by atoms with E-state index in [1.54, 1.807) is 17.7 Å². The summed E-state index contributed by atoms with van der Waals surface area (Å²) < 4.78 is 1.73. The molecule has 0 saturated heterocycles. The van der Waals surface area contributed by atoms with Crippen molar-refractivity contribution in [2.45, 2.75) is 18.6 Å². The molecular formula is C14H17N5O2S. The van der Waals surface area contributed by atoms with Crippen molar-refractivity contribution in [2.75, 3.05) is 5.75 Å². The van der Waals surface area contributed by atoms with Gasteiger partial charge in [-0.3, -0.25) is 9.59 Å². The maximum absolute atomic E-state index is 12.1. The van der Waals surface area contributed by atoms with Gasteiger partial charge in [-0.15, -0.1) is 10.2 Å². The van der Waals surface area contributed by atoms with E-state index >= 15 is 0 Å². The second-order valence-electron chi connectivity index (χ2n) is 4.76. The number of hydrogen-bond donors (Lipinski definition) is 2.